The lowest BCUT2D eigenvalue weighted by molar-refractivity contribution is 0.139. The number of fused-ring (bicyclic) bond motifs is 1. The van der Waals surface area contributed by atoms with Gasteiger partial charge in [0.15, 0.2) is 11.5 Å². The van der Waals surface area contributed by atoms with Crippen LogP contribution in [-0.2, 0) is 0 Å². The Morgan fingerprint density at radius 2 is 2.05 bits per heavy atom. The second kappa shape index (κ2) is 5.67. The highest BCUT2D eigenvalue weighted by Gasteiger charge is 2.25. The van der Waals surface area contributed by atoms with Gasteiger partial charge < -0.3 is 24.8 Å². The van der Waals surface area contributed by atoms with Crippen molar-refractivity contribution < 1.29 is 14.2 Å². The maximum Gasteiger partial charge on any atom is 0.231 e. The van der Waals surface area contributed by atoms with Gasteiger partial charge in [0, 0.05) is 24.6 Å². The van der Waals surface area contributed by atoms with E-state index in [-0.39, 0.29) is 12.3 Å². The van der Waals surface area contributed by atoms with Crippen LogP contribution in [0.15, 0.2) is 18.2 Å². The van der Waals surface area contributed by atoms with E-state index in [1.165, 1.54) is 0 Å². The smallest absolute Gasteiger partial charge is 0.231 e. The number of hydrogen-bond donors (Lipinski definition) is 1. The standard InChI is InChI=1S/C14H22N2O3/c1-14(9-15,16(2)3)6-7-17-11-4-5-12-13(8-11)19-10-18-12/h4-5,8H,6-7,9-10,15H2,1-3H3. The molecule has 1 aliphatic rings. The number of benzene rings is 1. The molecule has 5 nitrogen and oxygen atoms in total. The zero-order valence-electron chi connectivity index (χ0n) is 11.8. The number of nitrogens with zero attached hydrogens (tertiary/aromatic N) is 1. The first-order valence-corrected chi connectivity index (χ1v) is 6.45. The maximum atomic E-state index is 5.83. The summed E-state index contributed by atoms with van der Waals surface area (Å²) in [5.41, 5.74) is 5.78. The first-order chi connectivity index (χ1) is 9.05. The van der Waals surface area contributed by atoms with E-state index in [2.05, 4.69) is 11.8 Å². The molecule has 0 amide bonds. The Bertz CT molecular complexity index is 437. The third kappa shape index (κ3) is 3.11. The van der Waals surface area contributed by atoms with Gasteiger partial charge in [-0.1, -0.05) is 0 Å². The first-order valence-electron chi connectivity index (χ1n) is 6.45. The molecule has 5 heteroatoms. The van der Waals surface area contributed by atoms with Gasteiger partial charge in [-0.2, -0.15) is 0 Å². The van der Waals surface area contributed by atoms with Crippen molar-refractivity contribution in [1.29, 1.82) is 0 Å². The van der Waals surface area contributed by atoms with Gasteiger partial charge in [-0.25, -0.2) is 0 Å². The van der Waals surface area contributed by atoms with Crippen molar-refractivity contribution in [2.24, 2.45) is 5.73 Å². The molecule has 19 heavy (non-hydrogen) atoms. The van der Waals surface area contributed by atoms with Gasteiger partial charge in [0.2, 0.25) is 6.79 Å². The molecule has 1 aromatic carbocycles. The Hall–Kier alpha value is -1.46. The van der Waals surface area contributed by atoms with E-state index in [9.17, 15) is 0 Å². The minimum Gasteiger partial charge on any atom is -0.493 e. The predicted molar refractivity (Wildman–Crippen MR) is 73.8 cm³/mol. The average molecular weight is 266 g/mol. The van der Waals surface area contributed by atoms with Crippen LogP contribution in [0.3, 0.4) is 0 Å². The second-order valence-electron chi connectivity index (χ2n) is 5.21. The number of nitrogens with two attached hydrogens (primary N) is 1. The van der Waals surface area contributed by atoms with Crippen molar-refractivity contribution in [1.82, 2.24) is 4.90 Å². The number of hydrogen-bond acceptors (Lipinski definition) is 5. The Morgan fingerprint density at radius 1 is 1.32 bits per heavy atom. The zero-order valence-corrected chi connectivity index (χ0v) is 11.8. The van der Waals surface area contributed by atoms with E-state index in [4.69, 9.17) is 19.9 Å². The molecule has 0 saturated carbocycles. The molecule has 0 aromatic heterocycles. The number of likely N-dealkylation sites (N-methyl/N-ethyl adjacent to an activating group) is 1. The summed E-state index contributed by atoms with van der Waals surface area (Å²) in [5, 5.41) is 0. The fourth-order valence-corrected chi connectivity index (χ4v) is 1.86. The van der Waals surface area contributed by atoms with Crippen molar-refractivity contribution in [3.63, 3.8) is 0 Å². The summed E-state index contributed by atoms with van der Waals surface area (Å²) in [4.78, 5) is 2.13. The van der Waals surface area contributed by atoms with Crippen LogP contribution in [0.4, 0.5) is 0 Å². The molecule has 0 radical (unpaired) electrons. The summed E-state index contributed by atoms with van der Waals surface area (Å²) in [6.45, 7) is 3.64. The molecule has 1 heterocycles. The van der Waals surface area contributed by atoms with Crippen LogP contribution in [-0.4, -0.2) is 44.5 Å². The maximum absolute atomic E-state index is 5.83. The summed E-state index contributed by atoms with van der Waals surface area (Å²) in [6.07, 6.45) is 0.866. The van der Waals surface area contributed by atoms with E-state index in [0.29, 0.717) is 13.2 Å². The molecule has 106 valence electrons. The van der Waals surface area contributed by atoms with E-state index in [0.717, 1.165) is 23.7 Å². The summed E-state index contributed by atoms with van der Waals surface area (Å²) in [5.74, 6) is 2.31. The number of rotatable bonds is 6. The zero-order chi connectivity index (χ0) is 13.9. The highest BCUT2D eigenvalue weighted by molar-refractivity contribution is 5.46. The fraction of sp³-hybridized carbons (Fsp3) is 0.571. The lowest BCUT2D eigenvalue weighted by Gasteiger charge is -2.35. The molecular formula is C14H22N2O3. The van der Waals surface area contributed by atoms with Crippen LogP contribution >= 0.6 is 0 Å². The molecule has 1 aliphatic heterocycles. The van der Waals surface area contributed by atoms with Crippen molar-refractivity contribution in [2.75, 3.05) is 34.0 Å². The molecule has 2 rings (SSSR count). The van der Waals surface area contributed by atoms with Crippen LogP contribution in [0.2, 0.25) is 0 Å². The molecule has 1 atom stereocenters. The highest BCUT2D eigenvalue weighted by Crippen LogP contribution is 2.35. The van der Waals surface area contributed by atoms with Crippen molar-refractivity contribution >= 4 is 0 Å². The lowest BCUT2D eigenvalue weighted by Crippen LogP contribution is -2.48. The van der Waals surface area contributed by atoms with Gasteiger partial charge in [0.05, 0.1) is 6.61 Å². The third-order valence-corrected chi connectivity index (χ3v) is 3.77. The minimum absolute atomic E-state index is 0.0453. The quantitative estimate of drug-likeness (QED) is 0.845. The average Bonchev–Trinajstić information content (AvgIpc) is 2.85. The molecular weight excluding hydrogens is 244 g/mol. The molecule has 1 unspecified atom stereocenters. The topological polar surface area (TPSA) is 57.0 Å². The largest absolute Gasteiger partial charge is 0.493 e. The molecule has 0 spiro atoms. The van der Waals surface area contributed by atoms with Crippen LogP contribution in [0.1, 0.15) is 13.3 Å². The predicted octanol–water partition coefficient (Wildman–Crippen LogP) is 1.46. The highest BCUT2D eigenvalue weighted by atomic mass is 16.7. The third-order valence-electron chi connectivity index (χ3n) is 3.77. The summed E-state index contributed by atoms with van der Waals surface area (Å²) in [6, 6.07) is 5.62. The van der Waals surface area contributed by atoms with E-state index in [1.807, 2.05) is 32.3 Å². The summed E-state index contributed by atoms with van der Waals surface area (Å²) < 4.78 is 16.3. The molecule has 2 N–H and O–H groups in total. The van der Waals surface area contributed by atoms with Crippen molar-refractivity contribution in [3.8, 4) is 17.2 Å². The molecule has 0 saturated heterocycles. The fourth-order valence-electron chi connectivity index (χ4n) is 1.86. The first kappa shape index (κ1) is 14.0. The van der Waals surface area contributed by atoms with Gasteiger partial charge in [0.1, 0.15) is 5.75 Å². The normalized spacial score (nSPS) is 16.5. The molecule has 1 aromatic rings. The Balaban J connectivity index is 1.89. The van der Waals surface area contributed by atoms with E-state index in [1.54, 1.807) is 0 Å². The van der Waals surface area contributed by atoms with Crippen LogP contribution in [0, 0.1) is 0 Å². The minimum atomic E-state index is -0.0453. The number of ether oxygens (including phenoxy) is 3. The van der Waals surface area contributed by atoms with Crippen LogP contribution < -0.4 is 19.9 Å². The molecule has 0 fully saturated rings. The monoisotopic (exact) mass is 266 g/mol. The van der Waals surface area contributed by atoms with Gasteiger partial charge in [-0.15, -0.1) is 0 Å². The van der Waals surface area contributed by atoms with E-state index < -0.39 is 0 Å². The summed E-state index contributed by atoms with van der Waals surface area (Å²) >= 11 is 0. The van der Waals surface area contributed by atoms with E-state index >= 15 is 0 Å². The van der Waals surface area contributed by atoms with Gasteiger partial charge in [-0.3, -0.25) is 0 Å². The lowest BCUT2D eigenvalue weighted by atomic mass is 9.97. The Labute approximate surface area is 114 Å². The van der Waals surface area contributed by atoms with Gasteiger partial charge in [-0.05, 0) is 33.2 Å². The SMILES string of the molecule is CN(C)C(C)(CN)CCOc1ccc2c(c1)OCO2. The van der Waals surface area contributed by atoms with Crippen molar-refractivity contribution in [2.45, 2.75) is 18.9 Å². The van der Waals surface area contributed by atoms with Gasteiger partial charge >= 0.3 is 0 Å². The second-order valence-corrected chi connectivity index (χ2v) is 5.21. The summed E-state index contributed by atoms with van der Waals surface area (Å²) in [7, 11) is 4.07. The molecule has 0 bridgehead atoms. The Kier molecular flexibility index (Phi) is 4.17. The van der Waals surface area contributed by atoms with Crippen LogP contribution in [0.25, 0.3) is 0 Å². The van der Waals surface area contributed by atoms with Crippen molar-refractivity contribution in [3.05, 3.63) is 18.2 Å². The Morgan fingerprint density at radius 3 is 2.74 bits per heavy atom. The van der Waals surface area contributed by atoms with Crippen LogP contribution in [0.5, 0.6) is 17.2 Å². The van der Waals surface area contributed by atoms with Gasteiger partial charge in [0.25, 0.3) is 0 Å². The molecule has 0 aliphatic carbocycles.